The first-order valence-corrected chi connectivity index (χ1v) is 7.34. The molecule has 0 radical (unpaired) electrons. The zero-order valence-corrected chi connectivity index (χ0v) is 12.3. The van der Waals surface area contributed by atoms with E-state index in [0.29, 0.717) is 38.4 Å². The fourth-order valence-corrected chi connectivity index (χ4v) is 3.22. The van der Waals surface area contributed by atoms with E-state index in [1.54, 1.807) is 4.57 Å². The van der Waals surface area contributed by atoms with E-state index >= 15 is 0 Å². The molecule has 3 heterocycles. The van der Waals surface area contributed by atoms with E-state index in [9.17, 15) is 18.0 Å². The number of likely N-dealkylation sites (N-methyl/N-ethyl adjacent to an activating group) is 1. The quantitative estimate of drug-likeness (QED) is 0.796. The van der Waals surface area contributed by atoms with Crippen molar-refractivity contribution in [2.24, 2.45) is 5.92 Å². The third kappa shape index (κ3) is 2.97. The maximum Gasteiger partial charge on any atom is 0.434 e. The molecule has 0 saturated carbocycles. The molecule has 0 bridgehead atoms. The van der Waals surface area contributed by atoms with Crippen LogP contribution in [0.3, 0.4) is 0 Å². The van der Waals surface area contributed by atoms with Gasteiger partial charge in [0.25, 0.3) is 0 Å². The lowest BCUT2D eigenvalue weighted by atomic mass is 9.98. The first-order valence-electron chi connectivity index (χ1n) is 7.34. The minimum absolute atomic E-state index is 0.207. The van der Waals surface area contributed by atoms with Crippen LogP contribution in [0.5, 0.6) is 0 Å². The zero-order chi connectivity index (χ0) is 15.9. The second-order valence-electron chi connectivity index (χ2n) is 6.01. The van der Waals surface area contributed by atoms with Gasteiger partial charge in [0.15, 0.2) is 5.69 Å². The number of fused-ring (bicyclic) bond motifs is 1. The monoisotopic (exact) mass is 317 g/mol. The molecule has 1 fully saturated rings. The average Bonchev–Trinajstić information content (AvgIpc) is 3.03. The van der Waals surface area contributed by atoms with Crippen molar-refractivity contribution in [2.75, 3.05) is 20.2 Å². The Bertz CT molecular complexity index is 570. The summed E-state index contributed by atoms with van der Waals surface area (Å²) in [6, 6.07) is -0.227. The lowest BCUT2D eigenvalue weighted by Gasteiger charge is -2.29. The topological polar surface area (TPSA) is 47.4 Å². The number of cyclic esters (lactones) is 1. The second kappa shape index (κ2) is 5.57. The highest BCUT2D eigenvalue weighted by Crippen LogP contribution is 2.31. The molecule has 0 aromatic carbocycles. The van der Waals surface area contributed by atoms with Crippen LogP contribution in [0.2, 0.25) is 0 Å². The van der Waals surface area contributed by atoms with Crippen LogP contribution in [0.1, 0.15) is 24.4 Å². The Hall–Kier alpha value is -1.57. The number of imidazole rings is 1. The molecule has 2 aliphatic heterocycles. The van der Waals surface area contributed by atoms with Crippen molar-refractivity contribution in [3.63, 3.8) is 0 Å². The highest BCUT2D eigenvalue weighted by molar-refractivity contribution is 5.77. The molecule has 122 valence electrons. The number of alkyl halides is 3. The summed E-state index contributed by atoms with van der Waals surface area (Å²) in [7, 11) is 1.86. The second-order valence-corrected chi connectivity index (χ2v) is 6.01. The molecule has 1 aromatic rings. The van der Waals surface area contributed by atoms with Gasteiger partial charge >= 0.3 is 12.1 Å². The Morgan fingerprint density at radius 1 is 1.45 bits per heavy atom. The SMILES string of the molecule is CN(CC1CCc2nc(C(F)(F)F)cn2C1)C1CCOC1=O. The number of nitrogens with zero attached hydrogens (tertiary/aromatic N) is 3. The number of carbonyl (C=O) groups is 1. The molecular weight excluding hydrogens is 299 g/mol. The fraction of sp³-hybridized carbons (Fsp3) is 0.714. The van der Waals surface area contributed by atoms with Crippen molar-refractivity contribution in [2.45, 2.75) is 38.0 Å². The minimum atomic E-state index is -4.40. The molecule has 0 spiro atoms. The molecule has 0 N–H and O–H groups in total. The van der Waals surface area contributed by atoms with E-state index in [4.69, 9.17) is 4.74 Å². The van der Waals surface area contributed by atoms with Crippen LogP contribution in [-0.4, -0.2) is 46.7 Å². The van der Waals surface area contributed by atoms with Crippen molar-refractivity contribution in [3.05, 3.63) is 17.7 Å². The number of hydrogen-bond donors (Lipinski definition) is 0. The van der Waals surface area contributed by atoms with Crippen LogP contribution < -0.4 is 0 Å². The number of aromatic nitrogens is 2. The summed E-state index contributed by atoms with van der Waals surface area (Å²) in [5, 5.41) is 0. The summed E-state index contributed by atoms with van der Waals surface area (Å²) >= 11 is 0. The van der Waals surface area contributed by atoms with Crippen LogP contribution in [0, 0.1) is 5.92 Å². The molecule has 2 unspecified atom stereocenters. The Morgan fingerprint density at radius 3 is 2.86 bits per heavy atom. The summed E-state index contributed by atoms with van der Waals surface area (Å²) in [6.45, 7) is 1.61. The van der Waals surface area contributed by atoms with Crippen molar-refractivity contribution < 1.29 is 22.7 Å². The maximum absolute atomic E-state index is 12.7. The zero-order valence-electron chi connectivity index (χ0n) is 12.3. The Labute approximate surface area is 126 Å². The van der Waals surface area contributed by atoms with Crippen LogP contribution >= 0.6 is 0 Å². The van der Waals surface area contributed by atoms with Gasteiger partial charge < -0.3 is 9.30 Å². The number of esters is 1. The normalized spacial score (nSPS) is 25.4. The molecule has 1 saturated heterocycles. The number of rotatable bonds is 3. The molecule has 22 heavy (non-hydrogen) atoms. The van der Waals surface area contributed by atoms with Gasteiger partial charge in [0, 0.05) is 32.1 Å². The van der Waals surface area contributed by atoms with Crippen molar-refractivity contribution >= 4 is 5.97 Å². The van der Waals surface area contributed by atoms with Gasteiger partial charge in [-0.2, -0.15) is 13.2 Å². The maximum atomic E-state index is 12.7. The molecule has 0 aliphatic carbocycles. The van der Waals surface area contributed by atoms with Crippen LogP contribution in [0.25, 0.3) is 0 Å². The van der Waals surface area contributed by atoms with Crippen molar-refractivity contribution in [3.8, 4) is 0 Å². The van der Waals surface area contributed by atoms with Crippen LogP contribution in [-0.2, 0) is 28.7 Å². The number of hydrogen-bond acceptors (Lipinski definition) is 4. The highest BCUT2D eigenvalue weighted by Gasteiger charge is 2.36. The van der Waals surface area contributed by atoms with Gasteiger partial charge in [0.1, 0.15) is 11.9 Å². The van der Waals surface area contributed by atoms with E-state index in [1.807, 2.05) is 11.9 Å². The summed E-state index contributed by atoms with van der Waals surface area (Å²) in [4.78, 5) is 17.2. The van der Waals surface area contributed by atoms with E-state index in [0.717, 1.165) is 12.6 Å². The van der Waals surface area contributed by atoms with Gasteiger partial charge in [0.05, 0.1) is 6.61 Å². The summed E-state index contributed by atoms with van der Waals surface area (Å²) in [6.07, 6.45) is -1.32. The van der Waals surface area contributed by atoms with Gasteiger partial charge in [0.2, 0.25) is 0 Å². The molecule has 1 aromatic heterocycles. The van der Waals surface area contributed by atoms with Gasteiger partial charge in [-0.3, -0.25) is 9.69 Å². The molecule has 2 aliphatic rings. The van der Waals surface area contributed by atoms with E-state index in [-0.39, 0.29) is 17.9 Å². The number of ether oxygens (including phenoxy) is 1. The summed E-state index contributed by atoms with van der Waals surface area (Å²) in [5.74, 6) is 0.494. The average molecular weight is 317 g/mol. The Balaban J connectivity index is 1.64. The van der Waals surface area contributed by atoms with Gasteiger partial charge in [-0.1, -0.05) is 0 Å². The number of carbonyl (C=O) groups excluding carboxylic acids is 1. The third-order valence-corrected chi connectivity index (χ3v) is 4.37. The standard InChI is InChI=1S/C14H18F3N3O2/c1-19(10-4-5-22-13(10)21)6-9-2-3-12-18-11(14(15,16)17)8-20(12)7-9/h8-10H,2-7H2,1H3. The lowest BCUT2D eigenvalue weighted by molar-refractivity contribution is -0.142. The van der Waals surface area contributed by atoms with Gasteiger partial charge in [-0.25, -0.2) is 4.98 Å². The molecule has 0 amide bonds. The van der Waals surface area contributed by atoms with Gasteiger partial charge in [-0.15, -0.1) is 0 Å². The van der Waals surface area contributed by atoms with E-state index < -0.39 is 11.9 Å². The molecule has 5 nitrogen and oxygen atoms in total. The largest absolute Gasteiger partial charge is 0.464 e. The Kier molecular flexibility index (Phi) is 3.88. The predicted molar refractivity (Wildman–Crippen MR) is 71.0 cm³/mol. The smallest absolute Gasteiger partial charge is 0.434 e. The molecule has 2 atom stereocenters. The first-order chi connectivity index (χ1) is 10.3. The molecule has 3 rings (SSSR count). The molecular formula is C14H18F3N3O2. The summed E-state index contributed by atoms with van der Waals surface area (Å²) in [5.41, 5.74) is -0.823. The third-order valence-electron chi connectivity index (χ3n) is 4.37. The summed E-state index contributed by atoms with van der Waals surface area (Å²) < 4.78 is 44.6. The number of aryl methyl sites for hydroxylation is 1. The lowest BCUT2D eigenvalue weighted by Crippen LogP contribution is -2.40. The van der Waals surface area contributed by atoms with Crippen molar-refractivity contribution in [1.29, 1.82) is 0 Å². The van der Waals surface area contributed by atoms with E-state index in [2.05, 4.69) is 4.98 Å². The van der Waals surface area contributed by atoms with E-state index in [1.165, 1.54) is 0 Å². The van der Waals surface area contributed by atoms with Crippen LogP contribution in [0.4, 0.5) is 13.2 Å². The number of halogens is 3. The predicted octanol–water partition coefficient (Wildman–Crippen LogP) is 1.71. The van der Waals surface area contributed by atoms with Crippen LogP contribution in [0.15, 0.2) is 6.20 Å². The van der Waals surface area contributed by atoms with Crippen molar-refractivity contribution in [1.82, 2.24) is 14.5 Å². The molecule has 8 heteroatoms. The first kappa shape index (κ1) is 15.3. The fourth-order valence-electron chi connectivity index (χ4n) is 3.22. The minimum Gasteiger partial charge on any atom is -0.464 e. The highest BCUT2D eigenvalue weighted by atomic mass is 19.4. The van der Waals surface area contributed by atoms with Gasteiger partial charge in [-0.05, 0) is 19.4 Å². The Morgan fingerprint density at radius 2 is 2.23 bits per heavy atom.